The Morgan fingerprint density at radius 2 is 2.00 bits per heavy atom. The van der Waals surface area contributed by atoms with Crippen molar-refractivity contribution >= 4 is 33.0 Å². The van der Waals surface area contributed by atoms with Crippen molar-refractivity contribution in [2.24, 2.45) is 0 Å². The minimum absolute atomic E-state index is 0.0424. The molecule has 1 N–H and O–H groups in total. The summed E-state index contributed by atoms with van der Waals surface area (Å²) in [5, 5.41) is 1.88. The van der Waals surface area contributed by atoms with Gasteiger partial charge in [0, 0.05) is 11.4 Å². The molecular weight excluding hydrogens is 388 g/mol. The Kier molecular flexibility index (Phi) is 5.72. The van der Waals surface area contributed by atoms with Crippen molar-refractivity contribution in [1.29, 1.82) is 0 Å². The average molecular weight is 404 g/mol. The van der Waals surface area contributed by atoms with Crippen LogP contribution in [0.4, 0.5) is 5.69 Å². The van der Waals surface area contributed by atoms with E-state index in [1.807, 2.05) is 5.38 Å². The fraction of sp³-hybridized carbons (Fsp3) is 0.111. The van der Waals surface area contributed by atoms with Gasteiger partial charge in [0.05, 0.1) is 34.5 Å². The highest BCUT2D eigenvalue weighted by atomic mass is 32.2. The lowest BCUT2D eigenvalue weighted by Gasteiger charge is -2.11. The molecule has 1 heterocycles. The zero-order valence-corrected chi connectivity index (χ0v) is 15.9. The number of sulfonamides is 1. The van der Waals surface area contributed by atoms with Gasteiger partial charge in [0.1, 0.15) is 12.4 Å². The largest absolute Gasteiger partial charge is 0.487 e. The van der Waals surface area contributed by atoms with Crippen LogP contribution >= 0.6 is 11.3 Å². The predicted octanol–water partition coefficient (Wildman–Crippen LogP) is 3.31. The molecule has 0 amide bonds. The number of methoxy groups -OCH3 is 1. The van der Waals surface area contributed by atoms with Crippen LogP contribution in [-0.4, -0.2) is 26.5 Å². The van der Waals surface area contributed by atoms with Gasteiger partial charge in [-0.3, -0.25) is 4.72 Å². The molecule has 0 radical (unpaired) electrons. The summed E-state index contributed by atoms with van der Waals surface area (Å²) in [7, 11) is -2.64. The second-order valence-electron chi connectivity index (χ2n) is 5.42. The predicted molar refractivity (Wildman–Crippen MR) is 101 cm³/mol. The quantitative estimate of drug-likeness (QED) is 0.607. The second-order valence-corrected chi connectivity index (χ2v) is 7.82. The minimum Gasteiger partial charge on any atom is -0.487 e. The summed E-state index contributed by atoms with van der Waals surface area (Å²) < 4.78 is 37.9. The van der Waals surface area contributed by atoms with E-state index in [0.717, 1.165) is 5.69 Å². The smallest absolute Gasteiger partial charge is 0.337 e. The van der Waals surface area contributed by atoms with Gasteiger partial charge in [-0.2, -0.15) is 0 Å². The maximum atomic E-state index is 12.6. The van der Waals surface area contributed by atoms with Crippen LogP contribution < -0.4 is 9.46 Å². The maximum Gasteiger partial charge on any atom is 0.337 e. The van der Waals surface area contributed by atoms with Gasteiger partial charge in [-0.1, -0.05) is 12.1 Å². The number of carbonyl (C=O) groups excluding carboxylic acids is 1. The molecule has 0 aliphatic heterocycles. The Hall–Kier alpha value is -2.91. The van der Waals surface area contributed by atoms with E-state index in [1.54, 1.807) is 29.8 Å². The third kappa shape index (κ3) is 4.83. The summed E-state index contributed by atoms with van der Waals surface area (Å²) in [5.74, 6) is -0.101. The topological polar surface area (TPSA) is 94.6 Å². The molecule has 0 saturated carbocycles. The van der Waals surface area contributed by atoms with Gasteiger partial charge in [0.15, 0.2) is 0 Å². The Balaban J connectivity index is 1.76. The van der Waals surface area contributed by atoms with Crippen molar-refractivity contribution < 1.29 is 22.7 Å². The minimum atomic E-state index is -3.88. The molecule has 0 unspecified atom stereocenters. The van der Waals surface area contributed by atoms with Crippen LogP contribution in [0.3, 0.4) is 0 Å². The molecule has 0 aliphatic carbocycles. The summed E-state index contributed by atoms with van der Waals surface area (Å²) in [6, 6.07) is 12.2. The van der Waals surface area contributed by atoms with Crippen LogP contribution in [0.15, 0.2) is 64.3 Å². The number of carbonyl (C=O) groups is 1. The summed E-state index contributed by atoms with van der Waals surface area (Å²) in [6.07, 6.45) is 0. The van der Waals surface area contributed by atoms with Crippen molar-refractivity contribution in [3.8, 4) is 5.75 Å². The molecule has 1 aromatic heterocycles. The average Bonchev–Trinajstić information content (AvgIpc) is 3.19. The number of nitrogens with zero attached hydrogens (tertiary/aromatic N) is 1. The fourth-order valence-electron chi connectivity index (χ4n) is 2.24. The first-order valence-electron chi connectivity index (χ1n) is 7.79. The lowest BCUT2D eigenvalue weighted by atomic mass is 10.2. The summed E-state index contributed by atoms with van der Waals surface area (Å²) in [4.78, 5) is 15.7. The van der Waals surface area contributed by atoms with E-state index in [2.05, 4.69) is 14.4 Å². The van der Waals surface area contributed by atoms with E-state index in [1.165, 1.54) is 42.7 Å². The number of esters is 1. The lowest BCUT2D eigenvalue weighted by Crippen LogP contribution is -2.14. The van der Waals surface area contributed by atoms with Crippen LogP contribution in [-0.2, 0) is 21.4 Å². The summed E-state index contributed by atoms with van der Waals surface area (Å²) in [6.45, 7) is 0.293. The van der Waals surface area contributed by atoms with Gasteiger partial charge in [0.25, 0.3) is 10.0 Å². The summed E-state index contributed by atoms with van der Waals surface area (Å²) in [5.41, 5.74) is 3.01. The van der Waals surface area contributed by atoms with Gasteiger partial charge in [-0.05, 0) is 30.3 Å². The Morgan fingerprint density at radius 3 is 2.74 bits per heavy atom. The zero-order valence-electron chi connectivity index (χ0n) is 14.3. The van der Waals surface area contributed by atoms with Gasteiger partial charge in [0.2, 0.25) is 0 Å². The molecule has 7 nitrogen and oxygen atoms in total. The molecule has 0 spiro atoms. The van der Waals surface area contributed by atoms with Gasteiger partial charge in [-0.25, -0.2) is 18.2 Å². The highest BCUT2D eigenvalue weighted by Crippen LogP contribution is 2.22. The fourth-order valence-corrected chi connectivity index (χ4v) is 3.88. The van der Waals surface area contributed by atoms with Crippen LogP contribution in [0.1, 0.15) is 16.1 Å². The van der Waals surface area contributed by atoms with Crippen molar-refractivity contribution in [2.45, 2.75) is 11.5 Å². The maximum absolute atomic E-state index is 12.6. The lowest BCUT2D eigenvalue weighted by molar-refractivity contribution is 0.0600. The molecule has 2 aromatic carbocycles. The molecule has 0 bridgehead atoms. The first kappa shape index (κ1) is 18.9. The van der Waals surface area contributed by atoms with Crippen LogP contribution in [0, 0.1) is 0 Å². The number of aromatic nitrogens is 1. The van der Waals surface area contributed by atoms with Gasteiger partial charge >= 0.3 is 5.97 Å². The zero-order chi connectivity index (χ0) is 19.3. The normalized spacial score (nSPS) is 11.0. The third-order valence-electron chi connectivity index (χ3n) is 3.52. The number of benzene rings is 2. The molecule has 0 atom stereocenters. The van der Waals surface area contributed by atoms with Crippen molar-refractivity contribution in [3.63, 3.8) is 0 Å². The van der Waals surface area contributed by atoms with Crippen LogP contribution in [0.5, 0.6) is 5.75 Å². The Labute approximate surface area is 160 Å². The van der Waals surface area contributed by atoms with Gasteiger partial charge < -0.3 is 9.47 Å². The molecule has 3 aromatic rings. The molecule has 27 heavy (non-hydrogen) atoms. The highest BCUT2D eigenvalue weighted by Gasteiger charge is 2.17. The molecule has 9 heteroatoms. The second kappa shape index (κ2) is 8.19. The molecule has 0 aliphatic rings. The van der Waals surface area contributed by atoms with Gasteiger partial charge in [-0.15, -0.1) is 11.3 Å². The standard InChI is InChI=1S/C18H16N2O5S2/c1-24-18(21)13-4-2-7-17(8-13)27(22,23)20-14-5-3-6-16(9-14)25-10-15-11-26-12-19-15/h2-9,11-12,20H,10H2,1H3. The molecular formula is C18H16N2O5S2. The van der Waals surface area contributed by atoms with E-state index in [4.69, 9.17) is 4.74 Å². The molecule has 0 saturated heterocycles. The monoisotopic (exact) mass is 404 g/mol. The number of hydrogen-bond donors (Lipinski definition) is 1. The number of anilines is 1. The first-order valence-corrected chi connectivity index (χ1v) is 10.2. The third-order valence-corrected chi connectivity index (χ3v) is 5.54. The highest BCUT2D eigenvalue weighted by molar-refractivity contribution is 7.92. The van der Waals surface area contributed by atoms with Crippen molar-refractivity contribution in [1.82, 2.24) is 4.98 Å². The van der Waals surface area contributed by atoms with Crippen molar-refractivity contribution in [3.05, 3.63) is 70.7 Å². The van der Waals surface area contributed by atoms with Crippen LogP contribution in [0.2, 0.25) is 0 Å². The first-order chi connectivity index (χ1) is 13.0. The number of nitrogens with one attached hydrogen (secondary N) is 1. The van der Waals surface area contributed by atoms with E-state index < -0.39 is 16.0 Å². The number of hydrogen-bond acceptors (Lipinski definition) is 7. The van der Waals surface area contributed by atoms with E-state index in [0.29, 0.717) is 18.0 Å². The molecule has 3 rings (SSSR count). The van der Waals surface area contributed by atoms with E-state index >= 15 is 0 Å². The number of thiazole rings is 1. The Morgan fingerprint density at radius 1 is 1.19 bits per heavy atom. The van der Waals surface area contributed by atoms with E-state index in [9.17, 15) is 13.2 Å². The van der Waals surface area contributed by atoms with Crippen molar-refractivity contribution in [2.75, 3.05) is 11.8 Å². The molecule has 0 fully saturated rings. The summed E-state index contributed by atoms with van der Waals surface area (Å²) >= 11 is 1.47. The SMILES string of the molecule is COC(=O)c1cccc(S(=O)(=O)Nc2cccc(OCc3cscn3)c2)c1. The number of ether oxygens (including phenoxy) is 2. The van der Waals surface area contributed by atoms with E-state index in [-0.39, 0.29) is 10.5 Å². The number of rotatable bonds is 7. The van der Waals surface area contributed by atoms with Crippen LogP contribution in [0.25, 0.3) is 0 Å². The molecule has 140 valence electrons. The Bertz CT molecular complexity index is 1030.